The maximum absolute atomic E-state index is 5.73. The highest BCUT2D eigenvalue weighted by atomic mass is 14.9. The highest BCUT2D eigenvalue weighted by molar-refractivity contribution is 5.78. The lowest BCUT2D eigenvalue weighted by molar-refractivity contribution is 0.994. The summed E-state index contributed by atoms with van der Waals surface area (Å²) >= 11 is 0. The summed E-state index contributed by atoms with van der Waals surface area (Å²) in [5, 5.41) is 0. The molecule has 1 fully saturated rings. The van der Waals surface area contributed by atoms with E-state index in [9.17, 15) is 0 Å². The molecule has 4 nitrogen and oxygen atoms in total. The first-order valence-corrected chi connectivity index (χ1v) is 6.21. The third-order valence-electron chi connectivity index (χ3n) is 3.29. The molecule has 0 unspecified atom stereocenters. The quantitative estimate of drug-likeness (QED) is 0.857. The van der Waals surface area contributed by atoms with Crippen LogP contribution in [0, 0.1) is 0 Å². The summed E-state index contributed by atoms with van der Waals surface area (Å²) in [5.74, 6) is 0.526. The lowest BCUT2D eigenvalue weighted by atomic mass is 10.1. The normalized spacial score (nSPS) is 16.2. The first kappa shape index (κ1) is 11.2. The fraction of sp³-hybridized carbons (Fsp3) is 0.286. The molecule has 92 valence electrons. The SMILES string of the molecule is N/C=C(\CN)c1nc2ccccc2nc1C1CC1. The van der Waals surface area contributed by atoms with Gasteiger partial charge < -0.3 is 11.5 Å². The van der Waals surface area contributed by atoms with E-state index in [0.29, 0.717) is 12.5 Å². The van der Waals surface area contributed by atoms with E-state index >= 15 is 0 Å². The zero-order valence-electron chi connectivity index (χ0n) is 10.1. The van der Waals surface area contributed by atoms with Gasteiger partial charge in [0.25, 0.3) is 0 Å². The van der Waals surface area contributed by atoms with Gasteiger partial charge in [0.15, 0.2) is 0 Å². The summed E-state index contributed by atoms with van der Waals surface area (Å²) in [6, 6.07) is 7.90. The van der Waals surface area contributed by atoms with E-state index in [1.54, 1.807) is 6.20 Å². The molecule has 1 heterocycles. The van der Waals surface area contributed by atoms with Crippen LogP contribution >= 0.6 is 0 Å². The van der Waals surface area contributed by atoms with Crippen molar-refractivity contribution < 1.29 is 0 Å². The zero-order valence-corrected chi connectivity index (χ0v) is 10.1. The first-order chi connectivity index (χ1) is 8.83. The molecule has 4 N–H and O–H groups in total. The highest BCUT2D eigenvalue weighted by Crippen LogP contribution is 2.41. The van der Waals surface area contributed by atoms with Crippen molar-refractivity contribution in [3.63, 3.8) is 0 Å². The van der Waals surface area contributed by atoms with Crippen molar-refractivity contribution in [1.82, 2.24) is 9.97 Å². The molecule has 1 aliphatic carbocycles. The molecule has 1 aromatic heterocycles. The van der Waals surface area contributed by atoms with Crippen LogP contribution in [0.4, 0.5) is 0 Å². The Bertz CT molecular complexity index is 614. The number of para-hydroxylation sites is 2. The van der Waals surface area contributed by atoms with Crippen LogP contribution in [0.25, 0.3) is 16.6 Å². The fourth-order valence-corrected chi connectivity index (χ4v) is 2.14. The van der Waals surface area contributed by atoms with Crippen molar-refractivity contribution in [2.75, 3.05) is 6.54 Å². The Morgan fingerprint density at radius 3 is 2.44 bits per heavy atom. The summed E-state index contributed by atoms with van der Waals surface area (Å²) in [7, 11) is 0. The molecule has 0 radical (unpaired) electrons. The van der Waals surface area contributed by atoms with E-state index < -0.39 is 0 Å². The van der Waals surface area contributed by atoms with Crippen LogP contribution in [0.5, 0.6) is 0 Å². The predicted octanol–water partition coefficient (Wildman–Crippen LogP) is 1.77. The van der Waals surface area contributed by atoms with Crippen LogP contribution in [0.3, 0.4) is 0 Å². The number of fused-ring (bicyclic) bond motifs is 1. The zero-order chi connectivity index (χ0) is 12.5. The van der Waals surface area contributed by atoms with E-state index in [1.165, 1.54) is 12.8 Å². The Kier molecular flexibility index (Phi) is 2.72. The number of rotatable bonds is 3. The van der Waals surface area contributed by atoms with Gasteiger partial charge in [-0.2, -0.15) is 0 Å². The monoisotopic (exact) mass is 240 g/mol. The van der Waals surface area contributed by atoms with Crippen molar-refractivity contribution in [2.24, 2.45) is 11.5 Å². The van der Waals surface area contributed by atoms with E-state index in [1.807, 2.05) is 24.3 Å². The molecule has 0 amide bonds. The third-order valence-corrected chi connectivity index (χ3v) is 3.29. The molecule has 0 saturated heterocycles. The average Bonchev–Trinajstić information content (AvgIpc) is 3.24. The number of aromatic nitrogens is 2. The molecule has 0 aliphatic heterocycles. The van der Waals surface area contributed by atoms with Gasteiger partial charge in [-0.05, 0) is 25.0 Å². The van der Waals surface area contributed by atoms with Crippen LogP contribution < -0.4 is 11.5 Å². The van der Waals surface area contributed by atoms with Gasteiger partial charge in [-0.1, -0.05) is 12.1 Å². The van der Waals surface area contributed by atoms with Crippen molar-refractivity contribution in [1.29, 1.82) is 0 Å². The first-order valence-electron chi connectivity index (χ1n) is 6.21. The summed E-state index contributed by atoms with van der Waals surface area (Å²) in [6.45, 7) is 0.392. The topological polar surface area (TPSA) is 77.8 Å². The summed E-state index contributed by atoms with van der Waals surface area (Å²) in [4.78, 5) is 9.43. The van der Waals surface area contributed by atoms with Crippen LogP contribution in [0.1, 0.15) is 30.1 Å². The molecule has 1 saturated carbocycles. The Balaban J connectivity index is 2.23. The van der Waals surface area contributed by atoms with Crippen molar-refractivity contribution in [3.8, 4) is 0 Å². The van der Waals surface area contributed by atoms with Gasteiger partial charge >= 0.3 is 0 Å². The van der Waals surface area contributed by atoms with Gasteiger partial charge in [0.2, 0.25) is 0 Å². The average molecular weight is 240 g/mol. The number of benzene rings is 1. The maximum atomic E-state index is 5.73. The molecule has 0 spiro atoms. The van der Waals surface area contributed by atoms with Gasteiger partial charge in [-0.15, -0.1) is 0 Å². The number of nitrogens with two attached hydrogens (primary N) is 2. The molecule has 18 heavy (non-hydrogen) atoms. The van der Waals surface area contributed by atoms with E-state index in [-0.39, 0.29) is 0 Å². The summed E-state index contributed by atoms with van der Waals surface area (Å²) in [5.41, 5.74) is 16.0. The number of nitrogens with zero attached hydrogens (tertiary/aromatic N) is 2. The fourth-order valence-electron chi connectivity index (χ4n) is 2.14. The van der Waals surface area contributed by atoms with Gasteiger partial charge in [-0.3, -0.25) is 0 Å². The van der Waals surface area contributed by atoms with E-state index in [4.69, 9.17) is 16.5 Å². The van der Waals surface area contributed by atoms with Gasteiger partial charge in [0.1, 0.15) is 0 Å². The molecule has 2 aromatic rings. The lowest BCUT2D eigenvalue weighted by Crippen LogP contribution is -2.09. The number of hydrogen-bond acceptors (Lipinski definition) is 4. The van der Waals surface area contributed by atoms with Crippen molar-refractivity contribution in [3.05, 3.63) is 41.9 Å². The molecular formula is C14H16N4. The van der Waals surface area contributed by atoms with Crippen LogP contribution in [0.15, 0.2) is 30.5 Å². The molecule has 0 atom stereocenters. The maximum Gasteiger partial charge on any atom is 0.0914 e. The van der Waals surface area contributed by atoms with Gasteiger partial charge in [-0.25, -0.2) is 9.97 Å². The minimum atomic E-state index is 0.392. The Hall–Kier alpha value is -1.94. The standard InChI is InChI=1S/C14H16N4/c15-7-10(8-16)14-13(9-5-6-9)17-11-3-1-2-4-12(11)18-14/h1-4,7,9H,5-6,8,15-16H2/b10-7+. The molecule has 1 aromatic carbocycles. The minimum Gasteiger partial charge on any atom is -0.404 e. The van der Waals surface area contributed by atoms with Crippen LogP contribution in [0.2, 0.25) is 0 Å². The second-order valence-electron chi connectivity index (χ2n) is 4.62. The Morgan fingerprint density at radius 2 is 1.89 bits per heavy atom. The second kappa shape index (κ2) is 4.38. The summed E-state index contributed by atoms with van der Waals surface area (Å²) < 4.78 is 0. The largest absolute Gasteiger partial charge is 0.404 e. The van der Waals surface area contributed by atoms with Crippen molar-refractivity contribution >= 4 is 16.6 Å². The molecule has 1 aliphatic rings. The summed E-state index contributed by atoms with van der Waals surface area (Å²) in [6.07, 6.45) is 3.91. The minimum absolute atomic E-state index is 0.392. The number of hydrogen-bond donors (Lipinski definition) is 2. The van der Waals surface area contributed by atoms with Gasteiger partial charge in [0.05, 0.1) is 22.4 Å². The highest BCUT2D eigenvalue weighted by Gasteiger charge is 2.29. The predicted molar refractivity (Wildman–Crippen MR) is 72.7 cm³/mol. The van der Waals surface area contributed by atoms with Crippen LogP contribution in [-0.2, 0) is 0 Å². The van der Waals surface area contributed by atoms with Crippen LogP contribution in [-0.4, -0.2) is 16.5 Å². The van der Waals surface area contributed by atoms with E-state index in [2.05, 4.69) is 4.98 Å². The smallest absolute Gasteiger partial charge is 0.0914 e. The lowest BCUT2D eigenvalue weighted by Gasteiger charge is -2.10. The molecule has 4 heteroatoms. The Morgan fingerprint density at radius 1 is 1.22 bits per heavy atom. The van der Waals surface area contributed by atoms with Gasteiger partial charge in [0, 0.05) is 24.2 Å². The molecule has 0 bridgehead atoms. The van der Waals surface area contributed by atoms with E-state index in [0.717, 1.165) is 28.0 Å². The molecule has 3 rings (SSSR count). The Labute approximate surface area is 106 Å². The molecular weight excluding hydrogens is 224 g/mol. The van der Waals surface area contributed by atoms with Crippen molar-refractivity contribution in [2.45, 2.75) is 18.8 Å². The third kappa shape index (κ3) is 1.84. The second-order valence-corrected chi connectivity index (χ2v) is 4.62.